The molecule has 3 amide bonds. The van der Waals surface area contributed by atoms with E-state index < -0.39 is 5.91 Å². The van der Waals surface area contributed by atoms with Crippen molar-refractivity contribution in [1.29, 1.82) is 0 Å². The Morgan fingerprint density at radius 1 is 1.00 bits per heavy atom. The topological polar surface area (TPSA) is 94.9 Å². The number of furan rings is 1. The minimum absolute atomic E-state index is 0.0977. The molecule has 0 atom stereocenters. The van der Waals surface area contributed by atoms with Gasteiger partial charge in [0.2, 0.25) is 11.8 Å². The average Bonchev–Trinajstić information content (AvgIpc) is 3.09. The molecule has 3 rings (SSSR count). The molecule has 0 saturated carbocycles. The van der Waals surface area contributed by atoms with Gasteiger partial charge in [-0.1, -0.05) is 11.6 Å². The third kappa shape index (κ3) is 5.54. The monoisotopic (exact) mass is 432 g/mol. The number of halogens is 1. The summed E-state index contributed by atoms with van der Waals surface area (Å²) in [5, 5.41) is 5.78. The highest BCUT2D eigenvalue weighted by atomic mass is 35.5. The molecule has 0 unspecified atom stereocenters. The van der Waals surface area contributed by atoms with E-state index in [4.69, 9.17) is 16.0 Å². The first-order chi connectivity index (χ1) is 14.3. The van der Waals surface area contributed by atoms with Crippen LogP contribution in [0.1, 0.15) is 21.9 Å². The van der Waals surface area contributed by atoms with Gasteiger partial charge in [-0.25, -0.2) is 0 Å². The Balaban J connectivity index is 1.38. The van der Waals surface area contributed by atoms with E-state index in [1.165, 1.54) is 0 Å². The Labute approximate surface area is 180 Å². The Morgan fingerprint density at radius 2 is 1.67 bits per heavy atom. The molecule has 9 heteroatoms. The lowest BCUT2D eigenvalue weighted by Crippen LogP contribution is -2.51. The summed E-state index contributed by atoms with van der Waals surface area (Å²) in [5.74, 6) is 0.174. The summed E-state index contributed by atoms with van der Waals surface area (Å²) in [5.41, 5.74) is 1.47. The van der Waals surface area contributed by atoms with E-state index in [9.17, 15) is 14.4 Å². The van der Waals surface area contributed by atoms with Gasteiger partial charge in [0.25, 0.3) is 5.91 Å². The first kappa shape index (κ1) is 21.7. The predicted molar refractivity (Wildman–Crippen MR) is 114 cm³/mol. The van der Waals surface area contributed by atoms with Crippen LogP contribution >= 0.6 is 11.6 Å². The normalized spacial score (nSPS) is 13.8. The van der Waals surface area contributed by atoms with E-state index in [2.05, 4.69) is 15.5 Å². The van der Waals surface area contributed by atoms with Crippen molar-refractivity contribution in [3.05, 3.63) is 52.4 Å². The second kappa shape index (κ2) is 9.67. The second-order valence-corrected chi connectivity index (χ2v) is 7.57. The Morgan fingerprint density at radius 3 is 2.27 bits per heavy atom. The number of anilines is 1. The second-order valence-electron chi connectivity index (χ2n) is 7.13. The molecule has 0 radical (unpaired) electrons. The number of nitrogens with one attached hydrogen (secondary N) is 2. The van der Waals surface area contributed by atoms with Gasteiger partial charge in [-0.05, 0) is 44.2 Å². The Bertz CT molecular complexity index is 918. The number of benzene rings is 1. The van der Waals surface area contributed by atoms with Crippen LogP contribution in [-0.4, -0.2) is 61.9 Å². The molecule has 1 saturated heterocycles. The largest absolute Gasteiger partial charge is 0.466 e. The van der Waals surface area contributed by atoms with E-state index in [1.54, 1.807) is 24.8 Å². The number of aryl methyl sites for hydroxylation is 2. The Hall–Kier alpha value is -3.00. The fourth-order valence-electron chi connectivity index (χ4n) is 3.33. The quantitative estimate of drug-likeness (QED) is 0.725. The summed E-state index contributed by atoms with van der Waals surface area (Å²) in [4.78, 5) is 40.4. The van der Waals surface area contributed by atoms with Gasteiger partial charge in [0.1, 0.15) is 11.5 Å². The van der Waals surface area contributed by atoms with Gasteiger partial charge in [0.05, 0.1) is 18.7 Å². The molecule has 0 spiro atoms. The summed E-state index contributed by atoms with van der Waals surface area (Å²) in [6.45, 7) is 5.70. The van der Waals surface area contributed by atoms with Crippen LogP contribution in [-0.2, 0) is 9.59 Å². The number of hydrogen-bond acceptors (Lipinski definition) is 5. The predicted octanol–water partition coefficient (Wildman–Crippen LogP) is 1.74. The van der Waals surface area contributed by atoms with Gasteiger partial charge < -0.3 is 24.9 Å². The summed E-state index contributed by atoms with van der Waals surface area (Å²) >= 11 is 5.92. The molecule has 8 nitrogen and oxygen atoms in total. The van der Waals surface area contributed by atoms with Crippen LogP contribution in [0.4, 0.5) is 5.69 Å². The van der Waals surface area contributed by atoms with Crippen molar-refractivity contribution in [3.8, 4) is 0 Å². The summed E-state index contributed by atoms with van der Waals surface area (Å²) in [6, 6.07) is 9.23. The lowest BCUT2D eigenvalue weighted by atomic mass is 10.2. The molecule has 1 fully saturated rings. The van der Waals surface area contributed by atoms with Crippen LogP contribution in [0.15, 0.2) is 34.7 Å². The maximum Gasteiger partial charge on any atom is 0.255 e. The highest BCUT2D eigenvalue weighted by Crippen LogP contribution is 2.19. The van der Waals surface area contributed by atoms with Crippen LogP contribution in [0.5, 0.6) is 0 Å². The highest BCUT2D eigenvalue weighted by Gasteiger charge is 2.22. The first-order valence-corrected chi connectivity index (χ1v) is 10.1. The molecule has 1 aromatic heterocycles. The smallest absolute Gasteiger partial charge is 0.255 e. The molecule has 2 heterocycles. The molecule has 1 aliphatic rings. The standard InChI is InChI=1S/C21H25ClN4O4/c1-14-11-18(15(2)30-14)21(29)24-12-19(27)23-13-20(28)26-9-7-25(8-10-26)17-5-3-16(22)4-6-17/h3-6,11H,7-10,12-13H2,1-2H3,(H,23,27)(H,24,29). The number of amides is 3. The number of rotatable bonds is 6. The van der Waals surface area contributed by atoms with E-state index in [-0.39, 0.29) is 24.9 Å². The van der Waals surface area contributed by atoms with E-state index in [0.717, 1.165) is 5.69 Å². The van der Waals surface area contributed by atoms with Crippen LogP contribution < -0.4 is 15.5 Å². The van der Waals surface area contributed by atoms with Crippen molar-refractivity contribution < 1.29 is 18.8 Å². The molecule has 2 aromatic rings. The lowest BCUT2D eigenvalue weighted by Gasteiger charge is -2.36. The van der Waals surface area contributed by atoms with Gasteiger partial charge in [0, 0.05) is 36.9 Å². The van der Waals surface area contributed by atoms with Gasteiger partial charge in [0.15, 0.2) is 0 Å². The maximum absolute atomic E-state index is 12.4. The van der Waals surface area contributed by atoms with Crippen LogP contribution in [0, 0.1) is 13.8 Å². The fraction of sp³-hybridized carbons (Fsp3) is 0.381. The van der Waals surface area contributed by atoms with Crippen LogP contribution in [0.2, 0.25) is 5.02 Å². The SMILES string of the molecule is Cc1cc(C(=O)NCC(=O)NCC(=O)N2CCN(c3ccc(Cl)cc3)CC2)c(C)o1. The number of carbonyl (C=O) groups excluding carboxylic acids is 3. The van der Waals surface area contributed by atoms with Crippen molar-refractivity contribution in [2.24, 2.45) is 0 Å². The van der Waals surface area contributed by atoms with Crippen molar-refractivity contribution in [3.63, 3.8) is 0 Å². The van der Waals surface area contributed by atoms with Crippen molar-refractivity contribution in [2.75, 3.05) is 44.2 Å². The summed E-state index contributed by atoms with van der Waals surface area (Å²) in [6.07, 6.45) is 0. The van der Waals surface area contributed by atoms with E-state index in [1.807, 2.05) is 24.3 Å². The minimum Gasteiger partial charge on any atom is -0.466 e. The zero-order valence-electron chi connectivity index (χ0n) is 17.0. The first-order valence-electron chi connectivity index (χ1n) is 9.73. The third-order valence-electron chi connectivity index (χ3n) is 4.96. The molecule has 30 heavy (non-hydrogen) atoms. The maximum atomic E-state index is 12.4. The molecule has 0 bridgehead atoms. The van der Waals surface area contributed by atoms with Gasteiger partial charge >= 0.3 is 0 Å². The number of carbonyl (C=O) groups is 3. The number of nitrogens with zero attached hydrogens (tertiary/aromatic N) is 2. The van der Waals surface area contributed by atoms with Gasteiger partial charge in [-0.15, -0.1) is 0 Å². The van der Waals surface area contributed by atoms with Crippen LogP contribution in [0.3, 0.4) is 0 Å². The third-order valence-corrected chi connectivity index (χ3v) is 5.21. The highest BCUT2D eigenvalue weighted by molar-refractivity contribution is 6.30. The summed E-state index contributed by atoms with van der Waals surface area (Å²) in [7, 11) is 0. The zero-order valence-corrected chi connectivity index (χ0v) is 17.8. The van der Waals surface area contributed by atoms with Crippen molar-refractivity contribution in [2.45, 2.75) is 13.8 Å². The van der Waals surface area contributed by atoms with E-state index in [0.29, 0.717) is 48.3 Å². The lowest BCUT2D eigenvalue weighted by molar-refractivity contribution is -0.132. The molecule has 2 N–H and O–H groups in total. The molecular formula is C21H25ClN4O4. The molecular weight excluding hydrogens is 408 g/mol. The number of piperazine rings is 1. The average molecular weight is 433 g/mol. The molecule has 0 aliphatic carbocycles. The molecule has 160 valence electrons. The molecule has 1 aromatic carbocycles. The molecule has 1 aliphatic heterocycles. The van der Waals surface area contributed by atoms with Crippen molar-refractivity contribution in [1.82, 2.24) is 15.5 Å². The minimum atomic E-state index is -0.422. The van der Waals surface area contributed by atoms with Gasteiger partial charge in [-0.2, -0.15) is 0 Å². The number of hydrogen-bond donors (Lipinski definition) is 2. The van der Waals surface area contributed by atoms with Crippen molar-refractivity contribution >= 4 is 35.0 Å². The summed E-state index contributed by atoms with van der Waals surface area (Å²) < 4.78 is 5.31. The van der Waals surface area contributed by atoms with Gasteiger partial charge in [-0.3, -0.25) is 14.4 Å². The van der Waals surface area contributed by atoms with Crippen LogP contribution in [0.25, 0.3) is 0 Å². The zero-order chi connectivity index (χ0) is 21.7. The Kier molecular flexibility index (Phi) is 6.99. The fourth-order valence-corrected chi connectivity index (χ4v) is 3.45. The van der Waals surface area contributed by atoms with E-state index >= 15 is 0 Å².